The van der Waals surface area contributed by atoms with E-state index < -0.39 is 0 Å². The fraction of sp³-hybridized carbons (Fsp3) is 0.375. The van der Waals surface area contributed by atoms with E-state index in [2.05, 4.69) is 29.1 Å². The first-order chi connectivity index (χ1) is 9.58. The molecule has 2 aromatic rings. The molecule has 0 fully saturated rings. The molecule has 20 heavy (non-hydrogen) atoms. The minimum Gasteiger partial charge on any atom is -0.373 e. The summed E-state index contributed by atoms with van der Waals surface area (Å²) in [6.45, 7) is 4.38. The van der Waals surface area contributed by atoms with E-state index in [9.17, 15) is 0 Å². The molecule has 0 amide bonds. The Morgan fingerprint density at radius 1 is 1.20 bits per heavy atom. The van der Waals surface area contributed by atoms with Gasteiger partial charge >= 0.3 is 0 Å². The first kappa shape index (κ1) is 14.8. The maximum Gasteiger partial charge on any atom is 0.135 e. The summed E-state index contributed by atoms with van der Waals surface area (Å²) >= 11 is 6.20. The van der Waals surface area contributed by atoms with Crippen molar-refractivity contribution in [2.24, 2.45) is 5.92 Å². The first-order valence-electron chi connectivity index (χ1n) is 6.86. The van der Waals surface area contributed by atoms with Gasteiger partial charge in [-0.1, -0.05) is 43.6 Å². The summed E-state index contributed by atoms with van der Waals surface area (Å²) in [6, 6.07) is 9.84. The molecule has 1 aromatic carbocycles. The van der Waals surface area contributed by atoms with Gasteiger partial charge in [-0.2, -0.15) is 0 Å². The second-order valence-electron chi connectivity index (χ2n) is 5.28. The molecule has 1 N–H and O–H groups in total. The molecule has 3 nitrogen and oxygen atoms in total. The van der Waals surface area contributed by atoms with Crippen molar-refractivity contribution in [1.29, 1.82) is 0 Å². The van der Waals surface area contributed by atoms with Crippen LogP contribution < -0.4 is 5.32 Å². The Balaban J connectivity index is 2.29. The standard InChI is InChI=1S/C16H20ClN3/c1-11(2)8-13-10-15(18-3)20-16(19-13)9-12-6-4-5-7-14(12)17/h4-7,10-11H,8-9H2,1-3H3,(H,18,19,20). The minimum atomic E-state index is 0.572. The van der Waals surface area contributed by atoms with Crippen LogP contribution in [-0.2, 0) is 12.8 Å². The van der Waals surface area contributed by atoms with Gasteiger partial charge in [0.05, 0.1) is 0 Å². The highest BCUT2D eigenvalue weighted by atomic mass is 35.5. The van der Waals surface area contributed by atoms with E-state index in [1.807, 2.05) is 37.4 Å². The zero-order chi connectivity index (χ0) is 14.5. The molecule has 0 aliphatic rings. The molecule has 2 rings (SSSR count). The van der Waals surface area contributed by atoms with E-state index in [1.54, 1.807) is 0 Å². The van der Waals surface area contributed by atoms with Crippen molar-refractivity contribution < 1.29 is 0 Å². The molecule has 0 spiro atoms. The van der Waals surface area contributed by atoms with Crippen LogP contribution >= 0.6 is 11.6 Å². The number of hydrogen-bond acceptors (Lipinski definition) is 3. The van der Waals surface area contributed by atoms with E-state index in [0.29, 0.717) is 12.3 Å². The average molecular weight is 290 g/mol. The minimum absolute atomic E-state index is 0.572. The molecule has 1 aromatic heterocycles. The van der Waals surface area contributed by atoms with Gasteiger partial charge in [-0.15, -0.1) is 0 Å². The van der Waals surface area contributed by atoms with Crippen molar-refractivity contribution >= 4 is 17.4 Å². The highest BCUT2D eigenvalue weighted by Crippen LogP contribution is 2.19. The van der Waals surface area contributed by atoms with Crippen molar-refractivity contribution in [3.05, 3.63) is 52.4 Å². The third-order valence-electron chi connectivity index (χ3n) is 3.01. The smallest absolute Gasteiger partial charge is 0.135 e. The van der Waals surface area contributed by atoms with Crippen LogP contribution in [-0.4, -0.2) is 17.0 Å². The quantitative estimate of drug-likeness (QED) is 0.905. The van der Waals surface area contributed by atoms with E-state index in [4.69, 9.17) is 11.6 Å². The van der Waals surface area contributed by atoms with E-state index in [1.165, 1.54) is 0 Å². The van der Waals surface area contributed by atoms with Gasteiger partial charge in [0.2, 0.25) is 0 Å². The molecule has 0 aliphatic heterocycles. The predicted molar refractivity (Wildman–Crippen MR) is 84.4 cm³/mol. The van der Waals surface area contributed by atoms with Crippen LogP contribution in [0.2, 0.25) is 5.02 Å². The summed E-state index contributed by atoms with van der Waals surface area (Å²) < 4.78 is 0. The summed E-state index contributed by atoms with van der Waals surface area (Å²) in [5.74, 6) is 2.24. The fourth-order valence-corrected chi connectivity index (χ4v) is 2.30. The van der Waals surface area contributed by atoms with Gasteiger partial charge in [0.15, 0.2) is 0 Å². The van der Waals surface area contributed by atoms with E-state index >= 15 is 0 Å². The van der Waals surface area contributed by atoms with Crippen LogP contribution in [0.4, 0.5) is 5.82 Å². The van der Waals surface area contributed by atoms with Gasteiger partial charge in [0, 0.05) is 30.3 Å². The van der Waals surface area contributed by atoms with Crippen molar-refractivity contribution in [3.8, 4) is 0 Å². The van der Waals surface area contributed by atoms with Crippen molar-refractivity contribution in [1.82, 2.24) is 9.97 Å². The molecule has 106 valence electrons. The Bertz CT molecular complexity index is 582. The lowest BCUT2D eigenvalue weighted by atomic mass is 10.1. The predicted octanol–water partition coefficient (Wildman–Crippen LogP) is 3.96. The Labute approximate surface area is 125 Å². The SMILES string of the molecule is CNc1cc(CC(C)C)nc(Cc2ccccc2Cl)n1. The van der Waals surface area contributed by atoms with Gasteiger partial charge < -0.3 is 5.32 Å². The number of rotatable bonds is 5. The van der Waals surface area contributed by atoms with Gasteiger partial charge in [0.25, 0.3) is 0 Å². The Hall–Kier alpha value is -1.61. The van der Waals surface area contributed by atoms with E-state index in [-0.39, 0.29) is 0 Å². The lowest BCUT2D eigenvalue weighted by Crippen LogP contribution is -2.06. The second-order valence-corrected chi connectivity index (χ2v) is 5.68. The monoisotopic (exact) mass is 289 g/mol. The van der Waals surface area contributed by atoms with Crippen LogP contribution in [0, 0.1) is 5.92 Å². The summed E-state index contributed by atoms with van der Waals surface area (Å²) in [6.07, 6.45) is 1.60. The molecular weight excluding hydrogens is 270 g/mol. The highest BCUT2D eigenvalue weighted by molar-refractivity contribution is 6.31. The number of benzene rings is 1. The number of halogens is 1. The number of aromatic nitrogens is 2. The molecule has 0 atom stereocenters. The molecule has 0 saturated heterocycles. The normalized spacial score (nSPS) is 10.8. The first-order valence-corrected chi connectivity index (χ1v) is 7.24. The average Bonchev–Trinajstić information content (AvgIpc) is 2.40. The molecular formula is C16H20ClN3. The Morgan fingerprint density at radius 2 is 1.95 bits per heavy atom. The third kappa shape index (κ3) is 3.94. The van der Waals surface area contributed by atoms with Crippen molar-refractivity contribution in [2.75, 3.05) is 12.4 Å². The number of nitrogens with zero attached hydrogens (tertiary/aromatic N) is 2. The van der Waals surface area contributed by atoms with Gasteiger partial charge in [0.1, 0.15) is 11.6 Å². The van der Waals surface area contributed by atoms with E-state index in [0.717, 1.165) is 34.3 Å². The lowest BCUT2D eigenvalue weighted by Gasteiger charge is -2.10. The summed E-state index contributed by atoms with van der Waals surface area (Å²) in [4.78, 5) is 9.16. The largest absolute Gasteiger partial charge is 0.373 e. The molecule has 0 unspecified atom stereocenters. The van der Waals surface area contributed by atoms with Gasteiger partial charge in [-0.3, -0.25) is 0 Å². The maximum absolute atomic E-state index is 6.20. The molecule has 0 radical (unpaired) electrons. The van der Waals surface area contributed by atoms with Gasteiger partial charge in [-0.25, -0.2) is 9.97 Å². The summed E-state index contributed by atoms with van der Waals surface area (Å²) in [5.41, 5.74) is 2.12. The number of nitrogens with one attached hydrogen (secondary N) is 1. The summed E-state index contributed by atoms with van der Waals surface area (Å²) in [5, 5.41) is 3.86. The second kappa shape index (κ2) is 6.71. The third-order valence-corrected chi connectivity index (χ3v) is 3.37. The molecule has 0 bridgehead atoms. The Morgan fingerprint density at radius 3 is 2.60 bits per heavy atom. The lowest BCUT2D eigenvalue weighted by molar-refractivity contribution is 0.631. The molecule has 4 heteroatoms. The Kier molecular flexibility index (Phi) is 4.96. The van der Waals surface area contributed by atoms with Crippen molar-refractivity contribution in [2.45, 2.75) is 26.7 Å². The molecule has 0 saturated carbocycles. The van der Waals surface area contributed by atoms with Crippen molar-refractivity contribution in [3.63, 3.8) is 0 Å². The zero-order valence-electron chi connectivity index (χ0n) is 12.2. The highest BCUT2D eigenvalue weighted by Gasteiger charge is 2.08. The van der Waals surface area contributed by atoms with Crippen LogP contribution in [0.3, 0.4) is 0 Å². The van der Waals surface area contributed by atoms with Crippen LogP contribution in [0.1, 0.15) is 30.9 Å². The van der Waals surface area contributed by atoms with Gasteiger partial charge in [-0.05, 0) is 24.0 Å². The molecule has 0 aliphatic carbocycles. The van der Waals surface area contributed by atoms with Crippen LogP contribution in [0.25, 0.3) is 0 Å². The van der Waals surface area contributed by atoms with Crippen LogP contribution in [0.5, 0.6) is 0 Å². The van der Waals surface area contributed by atoms with Crippen LogP contribution in [0.15, 0.2) is 30.3 Å². The number of hydrogen-bond donors (Lipinski definition) is 1. The fourth-order valence-electron chi connectivity index (χ4n) is 2.09. The molecule has 1 heterocycles. The topological polar surface area (TPSA) is 37.8 Å². The zero-order valence-corrected chi connectivity index (χ0v) is 12.9. The number of anilines is 1. The maximum atomic E-state index is 6.20. The summed E-state index contributed by atoms with van der Waals surface area (Å²) in [7, 11) is 1.88.